The molecule has 1 unspecified atom stereocenters. The quantitative estimate of drug-likeness (QED) is 0.553. The molecule has 1 aliphatic rings. The van der Waals surface area contributed by atoms with Crippen molar-refractivity contribution < 1.29 is 17.9 Å². The molecule has 2 aromatic rings. The van der Waals surface area contributed by atoms with Crippen molar-refractivity contribution in [3.63, 3.8) is 0 Å². The van der Waals surface area contributed by atoms with Crippen molar-refractivity contribution in [3.8, 4) is 0 Å². The van der Waals surface area contributed by atoms with Crippen molar-refractivity contribution >= 4 is 21.9 Å². The Hall–Kier alpha value is -2.33. The van der Waals surface area contributed by atoms with Gasteiger partial charge in [-0.3, -0.25) is 9.88 Å². The number of benzene rings is 1. The van der Waals surface area contributed by atoms with Crippen molar-refractivity contribution in [2.75, 3.05) is 27.2 Å². The second-order valence-electron chi connectivity index (χ2n) is 7.81. The predicted octanol–water partition coefficient (Wildman–Crippen LogP) is 1.93. The predicted molar refractivity (Wildman–Crippen MR) is 116 cm³/mol. The molecule has 1 N–H and O–H groups in total. The molecule has 0 bridgehead atoms. The van der Waals surface area contributed by atoms with E-state index in [-0.39, 0.29) is 22.5 Å². The van der Waals surface area contributed by atoms with Gasteiger partial charge in [-0.2, -0.15) is 17.0 Å². The summed E-state index contributed by atoms with van der Waals surface area (Å²) in [5.74, 6) is -0.427. The molecule has 1 saturated heterocycles. The fourth-order valence-electron chi connectivity index (χ4n) is 3.94. The van der Waals surface area contributed by atoms with Gasteiger partial charge in [0.25, 0.3) is 0 Å². The lowest BCUT2D eigenvalue weighted by molar-refractivity contribution is 0.0600. The number of hydrogen-bond acceptors (Lipinski definition) is 6. The minimum Gasteiger partial charge on any atom is -0.465 e. The van der Waals surface area contributed by atoms with Gasteiger partial charge in [0, 0.05) is 18.8 Å². The minimum atomic E-state index is -3.79. The van der Waals surface area contributed by atoms with E-state index in [1.165, 1.54) is 7.11 Å². The first kappa shape index (κ1) is 22.4. The molecule has 3 atom stereocenters. The van der Waals surface area contributed by atoms with Gasteiger partial charge in [0.2, 0.25) is 0 Å². The number of nitrogens with zero attached hydrogens (tertiary/aromatic N) is 3. The first-order chi connectivity index (χ1) is 14.2. The van der Waals surface area contributed by atoms with Gasteiger partial charge in [0.15, 0.2) is 5.69 Å². The topological polar surface area (TPSA) is 88.6 Å². The molecular formula is C21H29N4O4S+. The summed E-state index contributed by atoms with van der Waals surface area (Å²) >= 11 is 0. The van der Waals surface area contributed by atoms with Crippen molar-refractivity contribution in [2.45, 2.75) is 32.5 Å². The number of likely N-dealkylation sites (N-methyl/N-ethyl adjacent to an activating group) is 1. The molecule has 3 rings (SSSR count). The van der Waals surface area contributed by atoms with E-state index < -0.39 is 16.2 Å². The fourth-order valence-corrected chi connectivity index (χ4v) is 5.74. The van der Waals surface area contributed by atoms with Crippen molar-refractivity contribution in [2.24, 2.45) is 0 Å². The number of quaternary nitrogens is 1. The number of esters is 1. The largest absolute Gasteiger partial charge is 0.465 e. The summed E-state index contributed by atoms with van der Waals surface area (Å²) in [6.45, 7) is 5.05. The Morgan fingerprint density at radius 2 is 1.83 bits per heavy atom. The van der Waals surface area contributed by atoms with Crippen LogP contribution in [0.2, 0.25) is 0 Å². The highest BCUT2D eigenvalue weighted by atomic mass is 32.2. The lowest BCUT2D eigenvalue weighted by Crippen LogP contribution is -2.70. The van der Waals surface area contributed by atoms with Crippen LogP contribution in [0, 0.1) is 0 Å². The Labute approximate surface area is 178 Å². The smallest absolute Gasteiger partial charge is 0.375 e. The highest BCUT2D eigenvalue weighted by Gasteiger charge is 2.51. The number of aromatic nitrogens is 1. The SMILES string of the molecule is COC(=O)c1ccc(CNS(=O)(=O)[N+]2(c3cccnc3)C[C@@H](C)N(C)[C@@H](C)C2)cc1. The molecule has 1 aromatic carbocycles. The molecule has 162 valence electrons. The third kappa shape index (κ3) is 4.24. The molecule has 0 saturated carbocycles. The summed E-state index contributed by atoms with van der Waals surface area (Å²) in [5.41, 5.74) is 1.83. The number of carbonyl (C=O) groups is 1. The third-order valence-corrected chi connectivity index (χ3v) is 7.86. The first-order valence-corrected chi connectivity index (χ1v) is 11.3. The van der Waals surface area contributed by atoms with Crippen LogP contribution in [-0.2, 0) is 21.5 Å². The molecule has 1 fully saturated rings. The van der Waals surface area contributed by atoms with E-state index in [1.807, 2.05) is 27.0 Å². The van der Waals surface area contributed by atoms with E-state index in [9.17, 15) is 13.2 Å². The zero-order valence-corrected chi connectivity index (χ0v) is 18.6. The van der Waals surface area contributed by atoms with Gasteiger partial charge in [-0.1, -0.05) is 12.1 Å². The molecule has 1 aliphatic heterocycles. The average molecular weight is 434 g/mol. The summed E-state index contributed by atoms with van der Waals surface area (Å²) in [6, 6.07) is 10.4. The molecule has 30 heavy (non-hydrogen) atoms. The lowest BCUT2D eigenvalue weighted by Gasteiger charge is -2.47. The van der Waals surface area contributed by atoms with Crippen LogP contribution in [0.5, 0.6) is 0 Å². The van der Waals surface area contributed by atoms with Crippen LogP contribution in [0.25, 0.3) is 0 Å². The number of methoxy groups -OCH3 is 1. The molecular weight excluding hydrogens is 404 g/mol. The fraction of sp³-hybridized carbons (Fsp3) is 0.429. The Morgan fingerprint density at radius 3 is 2.37 bits per heavy atom. The lowest BCUT2D eigenvalue weighted by atomic mass is 10.1. The normalized spacial score (nSPS) is 25.1. The molecule has 0 spiro atoms. The third-order valence-electron chi connectivity index (χ3n) is 5.92. The molecule has 0 radical (unpaired) electrons. The van der Waals surface area contributed by atoms with Gasteiger partial charge in [-0.15, -0.1) is 0 Å². The number of carbonyl (C=O) groups excluding carboxylic acids is 1. The maximum atomic E-state index is 13.6. The number of hydrogen-bond donors (Lipinski definition) is 1. The molecule has 1 aromatic heterocycles. The van der Waals surface area contributed by atoms with Crippen molar-refractivity contribution in [1.29, 1.82) is 0 Å². The van der Waals surface area contributed by atoms with Crippen molar-refractivity contribution in [1.82, 2.24) is 18.5 Å². The zero-order chi connectivity index (χ0) is 21.9. The zero-order valence-electron chi connectivity index (χ0n) is 17.8. The highest BCUT2D eigenvalue weighted by molar-refractivity contribution is 7.89. The van der Waals surface area contributed by atoms with Gasteiger partial charge in [0.05, 0.1) is 31.0 Å². The summed E-state index contributed by atoms with van der Waals surface area (Å²) in [5, 5.41) is 0. The number of pyridine rings is 1. The maximum Gasteiger partial charge on any atom is 0.375 e. The van der Waals surface area contributed by atoms with E-state index in [0.717, 1.165) is 5.56 Å². The minimum absolute atomic E-state index is 0.0740. The Bertz CT molecular complexity index is 968. The number of ether oxygens (including phenoxy) is 1. The van der Waals surface area contributed by atoms with Crippen LogP contribution in [0.4, 0.5) is 5.69 Å². The van der Waals surface area contributed by atoms with Crippen LogP contribution < -0.4 is 8.61 Å². The van der Waals surface area contributed by atoms with Gasteiger partial charge in [-0.05, 0) is 44.7 Å². The second kappa shape index (κ2) is 8.81. The van der Waals surface area contributed by atoms with Crippen LogP contribution in [0.3, 0.4) is 0 Å². The second-order valence-corrected chi connectivity index (χ2v) is 9.75. The number of rotatable bonds is 6. The molecule has 0 amide bonds. The van der Waals surface area contributed by atoms with Gasteiger partial charge < -0.3 is 4.74 Å². The summed E-state index contributed by atoms with van der Waals surface area (Å²) in [6.07, 6.45) is 3.28. The van der Waals surface area contributed by atoms with Crippen LogP contribution in [0.15, 0.2) is 48.8 Å². The molecule has 8 nitrogen and oxygen atoms in total. The number of nitrogens with one attached hydrogen (secondary N) is 1. The van der Waals surface area contributed by atoms with Gasteiger partial charge in [-0.25, -0.2) is 4.79 Å². The highest BCUT2D eigenvalue weighted by Crippen LogP contribution is 2.32. The summed E-state index contributed by atoms with van der Waals surface area (Å²) in [4.78, 5) is 18.0. The van der Waals surface area contributed by atoms with E-state index in [0.29, 0.717) is 24.3 Å². The van der Waals surface area contributed by atoms with E-state index in [2.05, 4.69) is 14.6 Å². The summed E-state index contributed by atoms with van der Waals surface area (Å²) < 4.78 is 34.6. The Balaban J connectivity index is 1.89. The standard InChI is InChI=1S/C21H29N4O4S/c1-16-14-25(15-17(2)24(16)3,20-6-5-11-22-13-20)30(27,28)23-12-18-7-9-19(10-8-18)21(26)29-4/h5-11,13,16-17,23H,12,14-15H2,1-4H3/q+1/t16-,17+,25?. The molecule has 9 heteroatoms. The molecule has 0 aliphatic carbocycles. The Morgan fingerprint density at radius 1 is 1.20 bits per heavy atom. The van der Waals surface area contributed by atoms with E-state index >= 15 is 0 Å². The maximum absolute atomic E-state index is 13.6. The van der Waals surface area contributed by atoms with E-state index in [1.54, 1.807) is 42.7 Å². The monoisotopic (exact) mass is 433 g/mol. The number of piperazine rings is 1. The van der Waals surface area contributed by atoms with Crippen molar-refractivity contribution in [3.05, 3.63) is 59.9 Å². The first-order valence-electron chi connectivity index (χ1n) is 9.87. The van der Waals surface area contributed by atoms with Crippen LogP contribution in [-0.4, -0.2) is 63.6 Å². The Kier molecular flexibility index (Phi) is 6.56. The average Bonchev–Trinajstić information content (AvgIpc) is 2.76. The van der Waals surface area contributed by atoms with Crippen LogP contribution >= 0.6 is 0 Å². The van der Waals surface area contributed by atoms with Gasteiger partial charge in [0.1, 0.15) is 13.1 Å². The van der Waals surface area contributed by atoms with Crippen LogP contribution in [0.1, 0.15) is 29.8 Å². The summed E-state index contributed by atoms with van der Waals surface area (Å²) in [7, 11) is -0.441. The molecule has 2 heterocycles. The van der Waals surface area contributed by atoms with E-state index in [4.69, 9.17) is 4.74 Å². The van der Waals surface area contributed by atoms with Gasteiger partial charge >= 0.3 is 16.2 Å².